The Kier molecular flexibility index (Phi) is 4.62. The molecular formula is C21H13ClF3N2O2. The summed E-state index contributed by atoms with van der Waals surface area (Å²) in [6, 6.07) is 17.2. The summed E-state index contributed by atoms with van der Waals surface area (Å²) in [6.07, 6.45) is -4.81. The Labute approximate surface area is 168 Å². The molecule has 1 amide bonds. The van der Waals surface area contributed by atoms with Crippen LogP contribution in [0.1, 0.15) is 15.9 Å². The van der Waals surface area contributed by atoms with Crippen molar-refractivity contribution < 1.29 is 22.7 Å². The maximum atomic E-state index is 12.8. The highest BCUT2D eigenvalue weighted by atomic mass is 35.5. The van der Waals surface area contributed by atoms with Crippen LogP contribution in [0.2, 0.25) is 5.02 Å². The van der Waals surface area contributed by atoms with Crippen molar-refractivity contribution in [3.63, 3.8) is 0 Å². The summed E-state index contributed by atoms with van der Waals surface area (Å²) in [5.41, 5.74) is 7.37. The Balaban J connectivity index is 1.96. The first-order valence-electron chi connectivity index (χ1n) is 8.50. The molecule has 1 radical (unpaired) electrons. The molecule has 4 nitrogen and oxygen atoms in total. The predicted molar refractivity (Wildman–Crippen MR) is 104 cm³/mol. The number of primary amides is 1. The molecule has 1 aromatic heterocycles. The van der Waals surface area contributed by atoms with Crippen LogP contribution >= 0.6 is 11.6 Å². The topological polar surface area (TPSA) is 57.2 Å². The monoisotopic (exact) mass is 417 g/mol. The molecule has 0 aliphatic rings. The van der Waals surface area contributed by atoms with Gasteiger partial charge in [0.2, 0.25) is 5.91 Å². The van der Waals surface area contributed by atoms with E-state index < -0.39 is 12.3 Å². The molecule has 29 heavy (non-hydrogen) atoms. The molecule has 1 heterocycles. The number of aromatic nitrogens is 1. The fourth-order valence-electron chi connectivity index (χ4n) is 3.43. The number of nitrogens with two attached hydrogens (primary N) is 1. The molecule has 0 aliphatic carbocycles. The second kappa shape index (κ2) is 7.00. The number of fused-ring (bicyclic) bond motifs is 3. The summed E-state index contributed by atoms with van der Waals surface area (Å²) < 4.78 is 44.3. The Bertz CT molecular complexity index is 1250. The van der Waals surface area contributed by atoms with Crippen molar-refractivity contribution in [2.45, 2.75) is 12.9 Å². The summed E-state index contributed by atoms with van der Waals surface area (Å²) >= 11 is 6.13. The van der Waals surface area contributed by atoms with E-state index in [2.05, 4.69) is 10.8 Å². The maximum Gasteiger partial charge on any atom is 0.573 e. The second-order valence-corrected chi connectivity index (χ2v) is 6.82. The Hall–Kier alpha value is -3.19. The molecule has 0 fully saturated rings. The SMILES string of the molecule is NC(=O)c1cccc2c1c1[c]cc(Cl)cc1n2Cc1ccccc1OC(F)(F)F. The minimum absolute atomic E-state index is 0.0582. The lowest BCUT2D eigenvalue weighted by Crippen LogP contribution is -2.18. The van der Waals surface area contributed by atoms with Gasteiger partial charge in [-0.1, -0.05) is 35.9 Å². The van der Waals surface area contributed by atoms with Crippen LogP contribution in [0.3, 0.4) is 0 Å². The van der Waals surface area contributed by atoms with E-state index in [0.717, 1.165) is 0 Å². The van der Waals surface area contributed by atoms with E-state index in [1.54, 1.807) is 47.0 Å². The fourth-order valence-corrected chi connectivity index (χ4v) is 3.59. The summed E-state index contributed by atoms with van der Waals surface area (Å²) in [5, 5.41) is 1.58. The molecular weight excluding hydrogens is 405 g/mol. The number of hydrogen-bond donors (Lipinski definition) is 1. The number of hydrogen-bond acceptors (Lipinski definition) is 2. The number of carbonyl (C=O) groups is 1. The number of halogens is 4. The average Bonchev–Trinajstić information content (AvgIpc) is 2.95. The first-order chi connectivity index (χ1) is 13.7. The second-order valence-electron chi connectivity index (χ2n) is 6.38. The fraction of sp³-hybridized carbons (Fsp3) is 0.0952. The van der Waals surface area contributed by atoms with Gasteiger partial charge >= 0.3 is 6.36 Å². The maximum absolute atomic E-state index is 12.8. The standard InChI is InChI=1S/C21H13ClF3N2O2/c22-13-8-9-14-17(10-13)27(16-6-3-5-15(19(14)16)20(26)28)11-12-4-1-2-7-18(12)29-21(23,24)25/h1-8,10H,11H2,(H2,26,28). The molecule has 0 saturated heterocycles. The van der Waals surface area contributed by atoms with Crippen LogP contribution in [0, 0.1) is 6.07 Å². The lowest BCUT2D eigenvalue weighted by Gasteiger charge is -2.15. The van der Waals surface area contributed by atoms with Gasteiger partial charge < -0.3 is 15.0 Å². The van der Waals surface area contributed by atoms with E-state index >= 15 is 0 Å². The lowest BCUT2D eigenvalue weighted by molar-refractivity contribution is -0.274. The van der Waals surface area contributed by atoms with Gasteiger partial charge in [0.1, 0.15) is 5.75 Å². The third kappa shape index (κ3) is 3.61. The van der Waals surface area contributed by atoms with Gasteiger partial charge in [-0.25, -0.2) is 0 Å². The van der Waals surface area contributed by atoms with E-state index in [1.807, 2.05) is 0 Å². The summed E-state index contributed by atoms with van der Waals surface area (Å²) in [4.78, 5) is 11.9. The predicted octanol–water partition coefficient (Wildman–Crippen LogP) is 5.29. The van der Waals surface area contributed by atoms with Gasteiger partial charge in [-0.05, 0) is 36.4 Å². The highest BCUT2D eigenvalue weighted by Gasteiger charge is 2.32. The lowest BCUT2D eigenvalue weighted by atomic mass is 10.1. The molecule has 0 atom stereocenters. The highest BCUT2D eigenvalue weighted by molar-refractivity contribution is 6.31. The Morgan fingerprint density at radius 1 is 1.14 bits per heavy atom. The van der Waals surface area contributed by atoms with E-state index in [9.17, 15) is 18.0 Å². The van der Waals surface area contributed by atoms with E-state index in [1.165, 1.54) is 12.1 Å². The van der Waals surface area contributed by atoms with Crippen LogP contribution in [0.25, 0.3) is 21.8 Å². The molecule has 4 rings (SSSR count). The minimum Gasteiger partial charge on any atom is -0.405 e. The molecule has 0 bridgehead atoms. The zero-order chi connectivity index (χ0) is 20.8. The molecule has 0 aliphatic heterocycles. The molecule has 2 N–H and O–H groups in total. The highest BCUT2D eigenvalue weighted by Crippen LogP contribution is 2.35. The number of benzene rings is 3. The van der Waals surface area contributed by atoms with Crippen molar-refractivity contribution in [3.8, 4) is 5.75 Å². The van der Waals surface area contributed by atoms with Crippen molar-refractivity contribution in [2.75, 3.05) is 0 Å². The van der Waals surface area contributed by atoms with Crippen molar-refractivity contribution >= 4 is 39.3 Å². The van der Waals surface area contributed by atoms with Crippen LogP contribution in [0.5, 0.6) is 5.75 Å². The van der Waals surface area contributed by atoms with Crippen LogP contribution < -0.4 is 10.5 Å². The average molecular weight is 418 g/mol. The minimum atomic E-state index is -4.81. The van der Waals surface area contributed by atoms with Crippen LogP contribution in [-0.4, -0.2) is 16.8 Å². The zero-order valence-electron chi connectivity index (χ0n) is 14.8. The Morgan fingerprint density at radius 3 is 2.62 bits per heavy atom. The summed E-state index contributed by atoms with van der Waals surface area (Å²) in [5.74, 6) is -0.911. The largest absolute Gasteiger partial charge is 0.573 e. The van der Waals surface area contributed by atoms with Crippen molar-refractivity contribution in [2.24, 2.45) is 5.73 Å². The van der Waals surface area contributed by atoms with Crippen molar-refractivity contribution in [3.05, 3.63) is 76.8 Å². The quantitative estimate of drug-likeness (QED) is 0.490. The molecule has 0 unspecified atom stereocenters. The van der Waals surface area contributed by atoms with Crippen LogP contribution in [0.4, 0.5) is 13.2 Å². The normalized spacial score (nSPS) is 11.9. The first-order valence-corrected chi connectivity index (χ1v) is 8.88. The third-order valence-electron chi connectivity index (χ3n) is 4.55. The third-order valence-corrected chi connectivity index (χ3v) is 4.77. The smallest absolute Gasteiger partial charge is 0.405 e. The van der Waals surface area contributed by atoms with Crippen molar-refractivity contribution in [1.82, 2.24) is 4.57 Å². The molecule has 8 heteroatoms. The van der Waals surface area contributed by atoms with Crippen LogP contribution in [-0.2, 0) is 6.54 Å². The first kappa shape index (κ1) is 19.1. The van der Waals surface area contributed by atoms with Gasteiger partial charge in [-0.15, -0.1) is 13.2 Å². The molecule has 4 aromatic rings. The zero-order valence-corrected chi connectivity index (χ0v) is 15.5. The van der Waals surface area contributed by atoms with Crippen LogP contribution in [0.15, 0.2) is 54.6 Å². The van der Waals surface area contributed by atoms with Gasteiger partial charge in [0, 0.05) is 26.9 Å². The number of alkyl halides is 3. The number of nitrogens with zero attached hydrogens (tertiary/aromatic N) is 1. The van der Waals surface area contributed by atoms with E-state index in [4.69, 9.17) is 17.3 Å². The molecule has 147 valence electrons. The van der Waals surface area contributed by atoms with Gasteiger partial charge in [0.05, 0.1) is 17.6 Å². The summed E-state index contributed by atoms with van der Waals surface area (Å²) in [7, 11) is 0. The Morgan fingerprint density at radius 2 is 1.90 bits per heavy atom. The van der Waals surface area contributed by atoms with Gasteiger partial charge in [-0.2, -0.15) is 0 Å². The number of carbonyl (C=O) groups excluding carboxylic acids is 1. The molecule has 0 spiro atoms. The molecule has 0 saturated carbocycles. The number of rotatable bonds is 4. The summed E-state index contributed by atoms with van der Waals surface area (Å²) in [6.45, 7) is 0.0582. The van der Waals surface area contributed by atoms with Gasteiger partial charge in [0.25, 0.3) is 0 Å². The van der Waals surface area contributed by atoms with Gasteiger partial charge in [0.15, 0.2) is 0 Å². The van der Waals surface area contributed by atoms with E-state index in [-0.39, 0.29) is 12.3 Å². The number of amides is 1. The number of para-hydroxylation sites is 1. The number of ether oxygens (including phenoxy) is 1. The van der Waals surface area contributed by atoms with Gasteiger partial charge in [-0.3, -0.25) is 4.79 Å². The van der Waals surface area contributed by atoms with E-state index in [0.29, 0.717) is 38.0 Å². The van der Waals surface area contributed by atoms with Crippen molar-refractivity contribution in [1.29, 1.82) is 0 Å². The molecule has 3 aromatic carbocycles.